The molecule has 0 saturated heterocycles. The third kappa shape index (κ3) is 2.63. The molecule has 5 nitrogen and oxygen atoms in total. The van der Waals surface area contributed by atoms with Gasteiger partial charge in [-0.05, 0) is 30.7 Å². The summed E-state index contributed by atoms with van der Waals surface area (Å²) in [4.78, 5) is 12.8. The molecule has 0 atom stereocenters. The summed E-state index contributed by atoms with van der Waals surface area (Å²) in [6.45, 7) is 2.72. The number of nitrogen functional groups attached to an aromatic ring is 1. The Morgan fingerprint density at radius 2 is 2.05 bits per heavy atom. The van der Waals surface area contributed by atoms with Crippen molar-refractivity contribution in [2.45, 2.75) is 13.3 Å². The Kier molecular flexibility index (Phi) is 3.64. The number of rotatable bonds is 4. The van der Waals surface area contributed by atoms with Crippen LogP contribution in [0.2, 0.25) is 0 Å². The van der Waals surface area contributed by atoms with E-state index >= 15 is 0 Å². The summed E-state index contributed by atoms with van der Waals surface area (Å²) >= 11 is 0. The highest BCUT2D eigenvalue weighted by Gasteiger charge is 2.13. The van der Waals surface area contributed by atoms with Gasteiger partial charge < -0.3 is 10.5 Å². The van der Waals surface area contributed by atoms with Gasteiger partial charge in [0.05, 0.1) is 23.2 Å². The van der Waals surface area contributed by atoms with Gasteiger partial charge in [0.15, 0.2) is 0 Å². The molecule has 2 heterocycles. The molecule has 0 aliphatic rings. The Bertz CT molecular complexity index is 759. The predicted octanol–water partition coefficient (Wildman–Crippen LogP) is 3.06. The van der Waals surface area contributed by atoms with Gasteiger partial charge in [-0.15, -0.1) is 0 Å². The molecule has 106 valence electrons. The highest BCUT2D eigenvalue weighted by molar-refractivity contribution is 5.97. The zero-order valence-electron chi connectivity index (χ0n) is 11.8. The first-order valence-electron chi connectivity index (χ1n) is 6.89. The van der Waals surface area contributed by atoms with Crippen LogP contribution in [0.3, 0.4) is 0 Å². The third-order valence-corrected chi connectivity index (χ3v) is 3.10. The number of hydrogen-bond acceptors (Lipinski definition) is 5. The molecule has 0 saturated carbocycles. The summed E-state index contributed by atoms with van der Waals surface area (Å²) in [5, 5.41) is 0.869. The van der Waals surface area contributed by atoms with Gasteiger partial charge >= 0.3 is 0 Å². The molecule has 0 aliphatic carbocycles. The van der Waals surface area contributed by atoms with Gasteiger partial charge in [-0.2, -0.15) is 0 Å². The summed E-state index contributed by atoms with van der Waals surface area (Å²) < 4.78 is 5.83. The second-order valence-corrected chi connectivity index (χ2v) is 4.67. The highest BCUT2D eigenvalue weighted by Crippen LogP contribution is 2.33. The van der Waals surface area contributed by atoms with Crippen molar-refractivity contribution in [1.82, 2.24) is 15.0 Å². The molecule has 3 aromatic rings. The van der Waals surface area contributed by atoms with Crippen LogP contribution in [0, 0.1) is 0 Å². The first-order chi connectivity index (χ1) is 10.3. The van der Waals surface area contributed by atoms with Crippen molar-refractivity contribution in [2.75, 3.05) is 12.3 Å². The number of nitrogens with two attached hydrogens (primary N) is 1. The van der Waals surface area contributed by atoms with Crippen molar-refractivity contribution in [3.05, 3.63) is 42.7 Å². The predicted molar refractivity (Wildman–Crippen MR) is 83.0 cm³/mol. The minimum atomic E-state index is 0.244. The number of ether oxygens (including phenoxy) is 1. The number of benzene rings is 1. The average molecular weight is 280 g/mol. The minimum Gasteiger partial charge on any atom is -0.493 e. The summed E-state index contributed by atoms with van der Waals surface area (Å²) in [6, 6.07) is 9.57. The van der Waals surface area contributed by atoms with Crippen LogP contribution in [0.25, 0.3) is 22.2 Å². The molecule has 0 amide bonds. The molecule has 0 spiro atoms. The van der Waals surface area contributed by atoms with E-state index in [2.05, 4.69) is 21.9 Å². The van der Waals surface area contributed by atoms with E-state index in [4.69, 9.17) is 10.5 Å². The standard InChI is InChI=1S/C16H16N4O/c1-2-9-21-13-7-3-6-12-14(13)15(20-16(17)19-12)11-5-4-8-18-10-11/h3-8,10H,2,9H2,1H3,(H2,17,19,20). The topological polar surface area (TPSA) is 73.9 Å². The number of pyridine rings is 1. The Balaban J connectivity index is 2.26. The van der Waals surface area contributed by atoms with Crippen LogP contribution in [0.1, 0.15) is 13.3 Å². The molecule has 3 rings (SSSR count). The summed E-state index contributed by atoms with van der Waals surface area (Å²) in [7, 11) is 0. The Hall–Kier alpha value is -2.69. The molecule has 0 fully saturated rings. The maximum absolute atomic E-state index is 5.83. The largest absolute Gasteiger partial charge is 0.493 e. The molecule has 0 bridgehead atoms. The van der Waals surface area contributed by atoms with Gasteiger partial charge in [0.25, 0.3) is 0 Å². The SMILES string of the molecule is CCCOc1cccc2nc(N)nc(-c3cccnc3)c12. The fraction of sp³-hybridized carbons (Fsp3) is 0.188. The van der Waals surface area contributed by atoms with Crippen LogP contribution in [0.15, 0.2) is 42.7 Å². The fourth-order valence-corrected chi connectivity index (χ4v) is 2.21. The number of aromatic nitrogens is 3. The molecule has 0 radical (unpaired) electrons. The van der Waals surface area contributed by atoms with Gasteiger partial charge in [0, 0.05) is 18.0 Å². The molecule has 0 aliphatic heterocycles. The Morgan fingerprint density at radius 3 is 2.81 bits per heavy atom. The van der Waals surface area contributed by atoms with Gasteiger partial charge in [-0.3, -0.25) is 4.98 Å². The number of nitrogens with zero attached hydrogens (tertiary/aromatic N) is 3. The fourth-order valence-electron chi connectivity index (χ4n) is 2.21. The number of fused-ring (bicyclic) bond motifs is 1. The van der Waals surface area contributed by atoms with Gasteiger partial charge in [-0.1, -0.05) is 13.0 Å². The normalized spacial score (nSPS) is 10.7. The molecule has 2 aromatic heterocycles. The lowest BCUT2D eigenvalue weighted by Gasteiger charge is -2.12. The maximum Gasteiger partial charge on any atom is 0.221 e. The second-order valence-electron chi connectivity index (χ2n) is 4.67. The average Bonchev–Trinajstić information content (AvgIpc) is 2.52. The first-order valence-corrected chi connectivity index (χ1v) is 6.89. The van der Waals surface area contributed by atoms with Crippen molar-refractivity contribution in [3.63, 3.8) is 0 Å². The van der Waals surface area contributed by atoms with Crippen LogP contribution < -0.4 is 10.5 Å². The highest BCUT2D eigenvalue weighted by atomic mass is 16.5. The maximum atomic E-state index is 5.83. The van der Waals surface area contributed by atoms with Crippen molar-refractivity contribution >= 4 is 16.9 Å². The lowest BCUT2D eigenvalue weighted by atomic mass is 10.1. The monoisotopic (exact) mass is 280 g/mol. The summed E-state index contributed by atoms with van der Waals surface area (Å²) in [5.74, 6) is 1.02. The van der Waals surface area contributed by atoms with Crippen LogP contribution in [-0.4, -0.2) is 21.6 Å². The minimum absolute atomic E-state index is 0.244. The molecular weight excluding hydrogens is 264 g/mol. The van der Waals surface area contributed by atoms with E-state index in [9.17, 15) is 0 Å². The van der Waals surface area contributed by atoms with E-state index in [1.165, 1.54) is 0 Å². The Labute approximate surface area is 122 Å². The van der Waals surface area contributed by atoms with Crippen molar-refractivity contribution < 1.29 is 4.74 Å². The number of hydrogen-bond donors (Lipinski definition) is 1. The molecular formula is C16H16N4O. The van der Waals surface area contributed by atoms with E-state index in [0.717, 1.165) is 34.3 Å². The van der Waals surface area contributed by atoms with Crippen LogP contribution in [0.5, 0.6) is 5.75 Å². The van der Waals surface area contributed by atoms with Crippen molar-refractivity contribution in [3.8, 4) is 17.0 Å². The van der Waals surface area contributed by atoms with E-state index in [0.29, 0.717) is 6.61 Å². The molecule has 0 unspecified atom stereocenters. The van der Waals surface area contributed by atoms with Gasteiger partial charge in [-0.25, -0.2) is 9.97 Å². The molecule has 21 heavy (non-hydrogen) atoms. The molecule has 5 heteroatoms. The summed E-state index contributed by atoms with van der Waals surface area (Å²) in [6.07, 6.45) is 4.43. The third-order valence-electron chi connectivity index (χ3n) is 3.10. The quantitative estimate of drug-likeness (QED) is 0.795. The van der Waals surface area contributed by atoms with Crippen LogP contribution in [0.4, 0.5) is 5.95 Å². The summed E-state index contributed by atoms with van der Waals surface area (Å²) in [5.41, 5.74) is 8.24. The van der Waals surface area contributed by atoms with Crippen molar-refractivity contribution in [2.24, 2.45) is 0 Å². The lowest BCUT2D eigenvalue weighted by molar-refractivity contribution is 0.321. The van der Waals surface area contributed by atoms with Crippen LogP contribution in [-0.2, 0) is 0 Å². The number of anilines is 1. The van der Waals surface area contributed by atoms with E-state index in [1.807, 2.05) is 30.3 Å². The molecule has 1 aromatic carbocycles. The zero-order valence-corrected chi connectivity index (χ0v) is 11.8. The van der Waals surface area contributed by atoms with Gasteiger partial charge in [0.1, 0.15) is 5.75 Å². The first kappa shape index (κ1) is 13.3. The van der Waals surface area contributed by atoms with E-state index in [-0.39, 0.29) is 5.95 Å². The zero-order chi connectivity index (χ0) is 14.7. The smallest absolute Gasteiger partial charge is 0.221 e. The van der Waals surface area contributed by atoms with E-state index < -0.39 is 0 Å². The lowest BCUT2D eigenvalue weighted by Crippen LogP contribution is -2.01. The van der Waals surface area contributed by atoms with E-state index in [1.54, 1.807) is 12.4 Å². The van der Waals surface area contributed by atoms with Crippen LogP contribution >= 0.6 is 0 Å². The van der Waals surface area contributed by atoms with Gasteiger partial charge in [0.2, 0.25) is 5.95 Å². The second kappa shape index (κ2) is 5.75. The Morgan fingerprint density at radius 1 is 1.14 bits per heavy atom. The van der Waals surface area contributed by atoms with Crippen molar-refractivity contribution in [1.29, 1.82) is 0 Å². The molecule has 2 N–H and O–H groups in total.